The van der Waals surface area contributed by atoms with E-state index in [1.807, 2.05) is 22.6 Å². The number of benzene rings is 1. The van der Waals surface area contributed by atoms with Gasteiger partial charge >= 0.3 is 11.9 Å². The Kier molecular flexibility index (Phi) is 6.00. The highest BCUT2D eigenvalue weighted by atomic mass is 127. The molecule has 1 heterocycles. The number of rotatable bonds is 3. The second-order valence-corrected chi connectivity index (χ2v) is 6.10. The lowest BCUT2D eigenvalue weighted by Gasteiger charge is -2.23. The van der Waals surface area contributed by atoms with Crippen molar-refractivity contribution in [1.82, 2.24) is 0 Å². The van der Waals surface area contributed by atoms with Crippen molar-refractivity contribution in [2.75, 3.05) is 19.1 Å². The molecular formula is C16H12ClFINO4. The average molecular weight is 464 g/mol. The van der Waals surface area contributed by atoms with Crippen molar-refractivity contribution in [3.8, 4) is 0 Å². The molecule has 2 rings (SSSR count). The third-order valence-electron chi connectivity index (χ3n) is 3.14. The zero-order valence-corrected chi connectivity index (χ0v) is 15.6. The van der Waals surface area contributed by atoms with Gasteiger partial charge in [0.2, 0.25) is 0 Å². The summed E-state index contributed by atoms with van der Waals surface area (Å²) in [6.45, 7) is 0. The minimum absolute atomic E-state index is 0.0468. The second kappa shape index (κ2) is 7.80. The highest BCUT2D eigenvalue weighted by Gasteiger charge is 2.29. The molecule has 8 heteroatoms. The lowest BCUT2D eigenvalue weighted by molar-refractivity contribution is -0.139. The zero-order valence-electron chi connectivity index (χ0n) is 12.7. The summed E-state index contributed by atoms with van der Waals surface area (Å²) in [5.74, 6) is -2.21. The summed E-state index contributed by atoms with van der Waals surface area (Å²) in [4.78, 5) is 25.5. The summed E-state index contributed by atoms with van der Waals surface area (Å²) >= 11 is 7.85. The smallest absolute Gasteiger partial charge is 0.355 e. The normalized spacial score (nSPS) is 13.8. The van der Waals surface area contributed by atoms with Crippen LogP contribution in [0.5, 0.6) is 0 Å². The number of ether oxygens (including phenoxy) is 2. The Morgan fingerprint density at radius 2 is 1.83 bits per heavy atom. The van der Waals surface area contributed by atoms with Gasteiger partial charge in [-0.1, -0.05) is 17.7 Å². The summed E-state index contributed by atoms with van der Waals surface area (Å²) in [6, 6.07) is 2.60. The average Bonchev–Trinajstić information content (AvgIpc) is 2.79. The first-order valence-corrected chi connectivity index (χ1v) is 8.06. The van der Waals surface area contributed by atoms with Gasteiger partial charge < -0.3 is 14.4 Å². The lowest BCUT2D eigenvalue weighted by atomic mass is 10.1. The topological polar surface area (TPSA) is 55.8 Å². The minimum atomic E-state index is -0.809. The Morgan fingerprint density at radius 3 is 2.46 bits per heavy atom. The molecule has 0 spiro atoms. The van der Waals surface area contributed by atoms with Gasteiger partial charge in [0.05, 0.1) is 30.5 Å². The predicted molar refractivity (Wildman–Crippen MR) is 95.9 cm³/mol. The molecule has 0 bridgehead atoms. The summed E-state index contributed by atoms with van der Waals surface area (Å²) in [5, 5.41) is 0.241. The number of anilines is 1. The van der Waals surface area contributed by atoms with Gasteiger partial charge in [-0.25, -0.2) is 14.0 Å². The summed E-state index contributed by atoms with van der Waals surface area (Å²) in [5.41, 5.74) is -0.171. The number of carbonyl (C=O) groups is 2. The summed E-state index contributed by atoms with van der Waals surface area (Å²) in [7, 11) is 2.36. The Hall–Kier alpha value is -1.87. The predicted octanol–water partition coefficient (Wildman–Crippen LogP) is 3.57. The number of allylic oxidation sites excluding steroid dienone is 2. The minimum Gasteiger partial charge on any atom is -0.465 e. The molecule has 0 N–H and O–H groups in total. The van der Waals surface area contributed by atoms with Gasteiger partial charge in [-0.2, -0.15) is 0 Å². The molecule has 1 aromatic carbocycles. The second-order valence-electron chi connectivity index (χ2n) is 4.53. The van der Waals surface area contributed by atoms with E-state index >= 15 is 0 Å². The van der Waals surface area contributed by atoms with Crippen LogP contribution in [0.4, 0.5) is 10.1 Å². The van der Waals surface area contributed by atoms with Crippen LogP contribution >= 0.6 is 34.2 Å². The molecule has 1 aliphatic rings. The van der Waals surface area contributed by atoms with Crippen LogP contribution in [0.1, 0.15) is 0 Å². The first-order chi connectivity index (χ1) is 11.4. The lowest BCUT2D eigenvalue weighted by Crippen LogP contribution is -2.27. The summed E-state index contributed by atoms with van der Waals surface area (Å²) in [6.07, 6.45) is 5.93. The van der Waals surface area contributed by atoms with Crippen LogP contribution in [-0.2, 0) is 19.1 Å². The number of methoxy groups -OCH3 is 2. The van der Waals surface area contributed by atoms with Crippen molar-refractivity contribution < 1.29 is 23.5 Å². The van der Waals surface area contributed by atoms with Crippen LogP contribution in [-0.4, -0.2) is 26.2 Å². The van der Waals surface area contributed by atoms with E-state index in [2.05, 4.69) is 0 Å². The fourth-order valence-corrected chi connectivity index (χ4v) is 2.65. The highest BCUT2D eigenvalue weighted by molar-refractivity contribution is 14.1. The van der Waals surface area contributed by atoms with Crippen LogP contribution in [0.3, 0.4) is 0 Å². The fraction of sp³-hybridized carbons (Fsp3) is 0.125. The van der Waals surface area contributed by atoms with E-state index < -0.39 is 17.8 Å². The Balaban J connectivity index is 2.72. The van der Waals surface area contributed by atoms with Gasteiger partial charge in [0.1, 0.15) is 11.5 Å². The zero-order chi connectivity index (χ0) is 17.9. The quantitative estimate of drug-likeness (QED) is 0.390. The van der Waals surface area contributed by atoms with E-state index in [9.17, 15) is 14.0 Å². The van der Waals surface area contributed by atoms with Gasteiger partial charge in [0.25, 0.3) is 0 Å². The summed E-state index contributed by atoms with van der Waals surface area (Å²) < 4.78 is 24.5. The fourth-order valence-electron chi connectivity index (χ4n) is 2.05. The Morgan fingerprint density at radius 1 is 1.17 bits per heavy atom. The molecule has 0 atom stereocenters. The first kappa shape index (κ1) is 18.5. The van der Waals surface area contributed by atoms with Gasteiger partial charge in [-0.05, 0) is 46.9 Å². The molecule has 0 saturated heterocycles. The molecule has 0 amide bonds. The van der Waals surface area contributed by atoms with Gasteiger partial charge in [-0.15, -0.1) is 0 Å². The Bertz CT molecular complexity index is 789. The van der Waals surface area contributed by atoms with Crippen LogP contribution in [0.2, 0.25) is 5.02 Å². The molecule has 24 heavy (non-hydrogen) atoms. The molecule has 0 aliphatic carbocycles. The van der Waals surface area contributed by atoms with Crippen molar-refractivity contribution in [3.63, 3.8) is 0 Å². The van der Waals surface area contributed by atoms with E-state index in [1.54, 1.807) is 6.08 Å². The van der Waals surface area contributed by atoms with Crippen LogP contribution in [0, 0.1) is 9.39 Å². The van der Waals surface area contributed by atoms with Crippen LogP contribution < -0.4 is 4.90 Å². The highest BCUT2D eigenvalue weighted by Crippen LogP contribution is 2.32. The standard InChI is InChI=1S/C16H12ClFINO4/c1-23-15(21)9-5-3-4-6-20(14(9)16(22)24-2)13-8-12(19)10(17)7-11(13)18/h3-8H,1-2H3. The van der Waals surface area contributed by atoms with Crippen LogP contribution in [0.15, 0.2) is 47.8 Å². The molecule has 5 nitrogen and oxygen atoms in total. The number of esters is 2. The molecule has 0 aromatic heterocycles. The van der Waals surface area contributed by atoms with E-state index in [4.69, 9.17) is 21.1 Å². The molecule has 1 aromatic rings. The maximum atomic E-state index is 14.4. The molecule has 1 aliphatic heterocycles. The Labute approximate surface area is 156 Å². The number of carbonyl (C=O) groups excluding carboxylic acids is 2. The van der Waals surface area contributed by atoms with E-state index in [0.717, 1.165) is 6.07 Å². The molecule has 0 fully saturated rings. The van der Waals surface area contributed by atoms with Crippen molar-refractivity contribution in [2.24, 2.45) is 0 Å². The van der Waals surface area contributed by atoms with Crippen LogP contribution in [0.25, 0.3) is 0 Å². The van der Waals surface area contributed by atoms with E-state index in [1.165, 1.54) is 43.5 Å². The van der Waals surface area contributed by atoms with E-state index in [0.29, 0.717) is 3.57 Å². The number of hydrogen-bond acceptors (Lipinski definition) is 5. The maximum absolute atomic E-state index is 14.4. The van der Waals surface area contributed by atoms with Crippen molar-refractivity contribution >= 4 is 51.8 Å². The van der Waals surface area contributed by atoms with Crippen molar-refractivity contribution in [3.05, 3.63) is 62.2 Å². The van der Waals surface area contributed by atoms with Crippen molar-refractivity contribution in [1.29, 1.82) is 0 Å². The molecular weight excluding hydrogens is 452 g/mol. The van der Waals surface area contributed by atoms with Gasteiger partial charge in [-0.3, -0.25) is 0 Å². The number of nitrogens with zero attached hydrogens (tertiary/aromatic N) is 1. The van der Waals surface area contributed by atoms with Gasteiger partial charge in [0, 0.05) is 9.77 Å². The first-order valence-electron chi connectivity index (χ1n) is 6.60. The number of halogens is 3. The van der Waals surface area contributed by atoms with Crippen molar-refractivity contribution in [2.45, 2.75) is 0 Å². The SMILES string of the molecule is COC(=O)C1=C(C(=O)OC)N(c2cc(I)c(Cl)cc2F)C=CC=C1. The largest absolute Gasteiger partial charge is 0.465 e. The monoisotopic (exact) mass is 463 g/mol. The third kappa shape index (κ3) is 3.62. The molecule has 0 radical (unpaired) electrons. The van der Waals surface area contributed by atoms with E-state index in [-0.39, 0.29) is 22.0 Å². The molecule has 126 valence electrons. The molecule has 0 saturated carbocycles. The molecule has 0 unspecified atom stereocenters. The van der Waals surface area contributed by atoms with Gasteiger partial charge in [0.15, 0.2) is 0 Å². The maximum Gasteiger partial charge on any atom is 0.355 e. The third-order valence-corrected chi connectivity index (χ3v) is 4.66. The number of hydrogen-bond donors (Lipinski definition) is 0.